The molecule has 0 spiro atoms. The Hall–Kier alpha value is -2.36. The fourth-order valence-corrected chi connectivity index (χ4v) is 3.22. The fourth-order valence-electron chi connectivity index (χ4n) is 3.22. The first-order valence-electron chi connectivity index (χ1n) is 7.55. The van der Waals surface area contributed by atoms with Gasteiger partial charge in [0.15, 0.2) is 0 Å². The minimum atomic E-state index is -0.191. The van der Waals surface area contributed by atoms with Gasteiger partial charge in [-0.25, -0.2) is 0 Å². The van der Waals surface area contributed by atoms with E-state index < -0.39 is 0 Å². The average molecular weight is 296 g/mol. The SMILES string of the molecule is Cc1ccc2c(c1)C(NC(=O)c1c[nH]c(=O)cc1C)C(C)C2. The number of hydrogen-bond donors (Lipinski definition) is 2. The zero-order chi connectivity index (χ0) is 15.9. The Morgan fingerprint density at radius 2 is 2.05 bits per heavy atom. The highest BCUT2D eigenvalue weighted by Gasteiger charge is 2.31. The second-order valence-electron chi connectivity index (χ2n) is 6.23. The third-order valence-electron chi connectivity index (χ3n) is 4.41. The first-order chi connectivity index (χ1) is 10.5. The van der Waals surface area contributed by atoms with Crippen molar-refractivity contribution in [2.24, 2.45) is 5.92 Å². The van der Waals surface area contributed by atoms with E-state index >= 15 is 0 Å². The third kappa shape index (κ3) is 2.56. The molecule has 1 aromatic carbocycles. The number of aromatic amines is 1. The van der Waals surface area contributed by atoms with E-state index in [2.05, 4.69) is 42.3 Å². The number of aromatic nitrogens is 1. The molecule has 3 rings (SSSR count). The van der Waals surface area contributed by atoms with E-state index in [1.165, 1.54) is 29.0 Å². The van der Waals surface area contributed by atoms with E-state index in [1.807, 2.05) is 0 Å². The van der Waals surface area contributed by atoms with E-state index in [9.17, 15) is 9.59 Å². The summed E-state index contributed by atoms with van der Waals surface area (Å²) in [6.45, 7) is 5.99. The predicted molar refractivity (Wildman–Crippen MR) is 86.1 cm³/mol. The molecule has 22 heavy (non-hydrogen) atoms. The molecule has 1 aliphatic rings. The van der Waals surface area contributed by atoms with Crippen molar-refractivity contribution in [2.75, 3.05) is 0 Å². The number of fused-ring (bicyclic) bond motifs is 1. The molecule has 1 heterocycles. The summed E-state index contributed by atoms with van der Waals surface area (Å²) in [7, 11) is 0. The highest BCUT2D eigenvalue weighted by atomic mass is 16.2. The second-order valence-corrected chi connectivity index (χ2v) is 6.23. The van der Waals surface area contributed by atoms with Gasteiger partial charge in [-0.3, -0.25) is 9.59 Å². The Balaban J connectivity index is 1.89. The molecule has 2 aromatic rings. The zero-order valence-corrected chi connectivity index (χ0v) is 13.1. The summed E-state index contributed by atoms with van der Waals surface area (Å²) in [5.41, 5.74) is 4.74. The molecular formula is C18H20N2O2. The molecule has 0 radical (unpaired) electrons. The highest BCUT2D eigenvalue weighted by Crippen LogP contribution is 2.36. The summed E-state index contributed by atoms with van der Waals surface area (Å²) in [5, 5.41) is 3.13. The lowest BCUT2D eigenvalue weighted by molar-refractivity contribution is 0.0926. The lowest BCUT2D eigenvalue weighted by Crippen LogP contribution is -2.31. The van der Waals surface area contributed by atoms with Gasteiger partial charge in [-0.15, -0.1) is 0 Å². The normalized spacial score (nSPS) is 19.8. The van der Waals surface area contributed by atoms with Crippen LogP contribution in [0.15, 0.2) is 35.3 Å². The van der Waals surface area contributed by atoms with E-state index in [-0.39, 0.29) is 17.5 Å². The van der Waals surface area contributed by atoms with Crippen LogP contribution in [-0.2, 0) is 6.42 Å². The van der Waals surface area contributed by atoms with Crippen LogP contribution in [0.1, 0.15) is 45.6 Å². The fraction of sp³-hybridized carbons (Fsp3) is 0.333. The molecule has 1 amide bonds. The van der Waals surface area contributed by atoms with Crippen LogP contribution in [0.5, 0.6) is 0 Å². The van der Waals surface area contributed by atoms with Crippen LogP contribution in [0.3, 0.4) is 0 Å². The Kier molecular flexibility index (Phi) is 3.61. The summed E-state index contributed by atoms with van der Waals surface area (Å²) in [6.07, 6.45) is 2.47. The number of hydrogen-bond acceptors (Lipinski definition) is 2. The number of rotatable bonds is 2. The summed E-state index contributed by atoms with van der Waals surface area (Å²) >= 11 is 0. The molecule has 1 aliphatic carbocycles. The molecule has 4 heteroatoms. The largest absolute Gasteiger partial charge is 0.345 e. The Morgan fingerprint density at radius 3 is 2.77 bits per heavy atom. The van der Waals surface area contributed by atoms with Crippen molar-refractivity contribution in [1.29, 1.82) is 0 Å². The van der Waals surface area contributed by atoms with Gasteiger partial charge in [0, 0.05) is 12.3 Å². The molecule has 2 N–H and O–H groups in total. The van der Waals surface area contributed by atoms with E-state index in [1.54, 1.807) is 6.92 Å². The van der Waals surface area contributed by atoms with Crippen molar-refractivity contribution in [3.05, 3.63) is 68.6 Å². The number of amides is 1. The van der Waals surface area contributed by atoms with E-state index in [0.29, 0.717) is 17.0 Å². The highest BCUT2D eigenvalue weighted by molar-refractivity contribution is 5.95. The van der Waals surface area contributed by atoms with Crippen LogP contribution in [-0.4, -0.2) is 10.9 Å². The maximum atomic E-state index is 12.5. The Bertz CT molecular complexity index is 792. The number of aryl methyl sites for hydroxylation is 2. The average Bonchev–Trinajstić information content (AvgIpc) is 2.75. The minimum Gasteiger partial charge on any atom is -0.345 e. The van der Waals surface area contributed by atoms with Gasteiger partial charge in [0.25, 0.3) is 5.91 Å². The molecule has 114 valence electrons. The van der Waals surface area contributed by atoms with Gasteiger partial charge < -0.3 is 10.3 Å². The molecule has 0 bridgehead atoms. The van der Waals surface area contributed by atoms with Crippen molar-refractivity contribution in [3.63, 3.8) is 0 Å². The van der Waals surface area contributed by atoms with Gasteiger partial charge in [0.1, 0.15) is 0 Å². The number of H-pyrrole nitrogens is 1. The summed E-state index contributed by atoms with van der Waals surface area (Å²) < 4.78 is 0. The lowest BCUT2D eigenvalue weighted by Gasteiger charge is -2.19. The number of pyridine rings is 1. The summed E-state index contributed by atoms with van der Waals surface area (Å²) in [4.78, 5) is 26.4. The van der Waals surface area contributed by atoms with Crippen LogP contribution in [0.4, 0.5) is 0 Å². The quantitative estimate of drug-likeness (QED) is 0.895. The molecule has 0 fully saturated rings. The summed E-state index contributed by atoms with van der Waals surface area (Å²) in [6, 6.07) is 7.89. The predicted octanol–water partition coefficient (Wildman–Crippen LogP) is 2.66. The van der Waals surface area contributed by atoms with Gasteiger partial charge in [0.05, 0.1) is 11.6 Å². The topological polar surface area (TPSA) is 62.0 Å². The van der Waals surface area contributed by atoms with Crippen molar-refractivity contribution >= 4 is 5.91 Å². The zero-order valence-electron chi connectivity index (χ0n) is 13.1. The molecular weight excluding hydrogens is 276 g/mol. The van der Waals surface area contributed by atoms with Gasteiger partial charge >= 0.3 is 0 Å². The van der Waals surface area contributed by atoms with Crippen molar-refractivity contribution < 1.29 is 4.79 Å². The third-order valence-corrected chi connectivity index (χ3v) is 4.41. The maximum absolute atomic E-state index is 12.5. The maximum Gasteiger partial charge on any atom is 0.253 e. The molecule has 2 unspecified atom stereocenters. The Morgan fingerprint density at radius 1 is 1.27 bits per heavy atom. The van der Waals surface area contributed by atoms with E-state index in [4.69, 9.17) is 0 Å². The molecule has 2 atom stereocenters. The van der Waals surface area contributed by atoms with Crippen LogP contribution in [0.25, 0.3) is 0 Å². The summed E-state index contributed by atoms with van der Waals surface area (Å²) in [5.74, 6) is 0.226. The Labute approximate surface area is 129 Å². The second kappa shape index (κ2) is 5.44. The van der Waals surface area contributed by atoms with E-state index in [0.717, 1.165) is 6.42 Å². The van der Waals surface area contributed by atoms with Crippen LogP contribution < -0.4 is 10.9 Å². The van der Waals surface area contributed by atoms with Gasteiger partial charge in [-0.1, -0.05) is 30.7 Å². The van der Waals surface area contributed by atoms with Crippen molar-refractivity contribution in [2.45, 2.75) is 33.2 Å². The van der Waals surface area contributed by atoms with Crippen LogP contribution >= 0.6 is 0 Å². The molecule has 1 aromatic heterocycles. The smallest absolute Gasteiger partial charge is 0.253 e. The van der Waals surface area contributed by atoms with Crippen LogP contribution in [0.2, 0.25) is 0 Å². The lowest BCUT2D eigenvalue weighted by atomic mass is 10.0. The van der Waals surface area contributed by atoms with Gasteiger partial charge in [-0.2, -0.15) is 0 Å². The first kappa shape index (κ1) is 14.6. The van der Waals surface area contributed by atoms with Crippen LogP contribution in [0, 0.1) is 19.8 Å². The first-order valence-corrected chi connectivity index (χ1v) is 7.55. The minimum absolute atomic E-state index is 0.0220. The van der Waals surface area contributed by atoms with Crippen molar-refractivity contribution in [1.82, 2.24) is 10.3 Å². The van der Waals surface area contributed by atoms with Crippen molar-refractivity contribution in [3.8, 4) is 0 Å². The standard InChI is InChI=1S/C18H20N2O2/c1-10-4-5-13-7-12(3)17(14(13)6-10)20-18(22)15-9-19-16(21)8-11(15)2/h4-6,8-9,12,17H,7H2,1-3H3,(H,19,21)(H,20,22). The van der Waals surface area contributed by atoms with Gasteiger partial charge in [-0.05, 0) is 42.9 Å². The molecule has 0 aliphatic heterocycles. The molecule has 4 nitrogen and oxygen atoms in total. The monoisotopic (exact) mass is 296 g/mol. The number of carbonyl (C=O) groups is 1. The number of nitrogens with one attached hydrogen (secondary N) is 2. The number of carbonyl (C=O) groups excluding carboxylic acids is 1. The molecule has 0 saturated carbocycles. The number of benzene rings is 1. The molecule has 0 saturated heterocycles. The van der Waals surface area contributed by atoms with Gasteiger partial charge in [0.2, 0.25) is 5.56 Å².